The second-order valence-electron chi connectivity index (χ2n) is 4.76. The number of carbonyl (C=O) groups excluding carboxylic acids is 1. The van der Waals surface area contributed by atoms with Gasteiger partial charge in [-0.25, -0.2) is 0 Å². The predicted molar refractivity (Wildman–Crippen MR) is 77.6 cm³/mol. The summed E-state index contributed by atoms with van der Waals surface area (Å²) in [5, 5.41) is 15.6. The van der Waals surface area contributed by atoms with Crippen molar-refractivity contribution in [1.82, 2.24) is 10.1 Å². The lowest BCUT2D eigenvalue weighted by Gasteiger charge is -2.04. The summed E-state index contributed by atoms with van der Waals surface area (Å²) in [6.07, 6.45) is 2.46. The van der Waals surface area contributed by atoms with E-state index in [4.69, 9.17) is 9.63 Å². The summed E-state index contributed by atoms with van der Waals surface area (Å²) in [5.74, 6) is 1.07. The molecule has 1 amide bonds. The molecule has 1 aromatic carbocycles. The van der Waals surface area contributed by atoms with Crippen molar-refractivity contribution in [1.29, 1.82) is 0 Å². The molecule has 1 aromatic heterocycles. The number of amides is 1. The van der Waals surface area contributed by atoms with Crippen molar-refractivity contribution in [2.75, 3.05) is 5.32 Å². The first kappa shape index (κ1) is 15.2. The highest BCUT2D eigenvalue weighted by atomic mass is 16.5. The minimum absolute atomic E-state index is 0.00845. The first-order valence-corrected chi connectivity index (χ1v) is 7.02. The molecule has 0 aliphatic heterocycles. The molecule has 112 valence electrons. The number of carbonyl (C=O) groups is 1. The van der Waals surface area contributed by atoms with Crippen LogP contribution in [0.5, 0.6) is 0 Å². The van der Waals surface area contributed by atoms with E-state index in [1.807, 2.05) is 6.92 Å². The molecule has 0 aliphatic carbocycles. The maximum absolute atomic E-state index is 11.8. The average Bonchev–Trinajstić information content (AvgIpc) is 2.94. The van der Waals surface area contributed by atoms with E-state index in [1.54, 1.807) is 24.3 Å². The van der Waals surface area contributed by atoms with Crippen LogP contribution in [0.2, 0.25) is 0 Å². The van der Waals surface area contributed by atoms with Crippen LogP contribution in [0, 0.1) is 0 Å². The minimum atomic E-state index is -0.109. The molecule has 0 saturated carbocycles. The Morgan fingerprint density at radius 1 is 1.29 bits per heavy atom. The van der Waals surface area contributed by atoms with Crippen LogP contribution in [-0.4, -0.2) is 21.2 Å². The van der Waals surface area contributed by atoms with Gasteiger partial charge in [-0.3, -0.25) is 4.79 Å². The van der Waals surface area contributed by atoms with Gasteiger partial charge in [-0.1, -0.05) is 24.2 Å². The molecule has 0 atom stereocenters. The van der Waals surface area contributed by atoms with Gasteiger partial charge in [0.1, 0.15) is 0 Å². The van der Waals surface area contributed by atoms with Gasteiger partial charge in [-0.05, 0) is 24.1 Å². The van der Waals surface area contributed by atoms with Crippen LogP contribution in [0.15, 0.2) is 28.8 Å². The Bertz CT molecular complexity index is 578. The van der Waals surface area contributed by atoms with Crippen molar-refractivity contribution in [2.24, 2.45) is 0 Å². The molecular weight excluding hydrogens is 270 g/mol. The highest BCUT2D eigenvalue weighted by molar-refractivity contribution is 5.90. The number of benzene rings is 1. The van der Waals surface area contributed by atoms with E-state index in [1.165, 1.54) is 0 Å². The standard InChI is InChI=1S/C15H19N3O3/c1-2-3-13-17-15(21-18-13)9-8-14(20)16-12-6-4-11(10-19)5-7-12/h4-7,19H,2-3,8-10H2,1H3,(H,16,20). The van der Waals surface area contributed by atoms with E-state index in [0.29, 0.717) is 23.8 Å². The summed E-state index contributed by atoms with van der Waals surface area (Å²) in [4.78, 5) is 16.0. The molecule has 2 rings (SSSR count). The maximum atomic E-state index is 11.8. The lowest BCUT2D eigenvalue weighted by molar-refractivity contribution is -0.116. The summed E-state index contributed by atoms with van der Waals surface area (Å²) in [7, 11) is 0. The zero-order valence-corrected chi connectivity index (χ0v) is 12.0. The Morgan fingerprint density at radius 2 is 2.05 bits per heavy atom. The third kappa shape index (κ3) is 4.68. The SMILES string of the molecule is CCCc1noc(CCC(=O)Nc2ccc(CO)cc2)n1. The van der Waals surface area contributed by atoms with Crippen molar-refractivity contribution in [3.05, 3.63) is 41.5 Å². The van der Waals surface area contributed by atoms with Crippen molar-refractivity contribution < 1.29 is 14.4 Å². The van der Waals surface area contributed by atoms with Gasteiger partial charge in [0.05, 0.1) is 6.61 Å². The minimum Gasteiger partial charge on any atom is -0.392 e. The van der Waals surface area contributed by atoms with E-state index in [9.17, 15) is 4.79 Å². The molecule has 21 heavy (non-hydrogen) atoms. The third-order valence-corrected chi connectivity index (χ3v) is 2.97. The summed E-state index contributed by atoms with van der Waals surface area (Å²) in [6.45, 7) is 2.04. The van der Waals surface area contributed by atoms with E-state index >= 15 is 0 Å². The molecular formula is C15H19N3O3. The summed E-state index contributed by atoms with van der Waals surface area (Å²) >= 11 is 0. The van der Waals surface area contributed by atoms with Gasteiger partial charge in [0.2, 0.25) is 11.8 Å². The molecule has 0 bridgehead atoms. The second kappa shape index (κ2) is 7.54. The smallest absolute Gasteiger partial charge is 0.227 e. The van der Waals surface area contributed by atoms with E-state index < -0.39 is 0 Å². The monoisotopic (exact) mass is 289 g/mol. The summed E-state index contributed by atoms with van der Waals surface area (Å²) < 4.78 is 5.08. The predicted octanol–water partition coefficient (Wildman–Crippen LogP) is 2.09. The number of anilines is 1. The van der Waals surface area contributed by atoms with Gasteiger partial charge in [0, 0.05) is 24.9 Å². The molecule has 0 spiro atoms. The van der Waals surface area contributed by atoms with E-state index in [2.05, 4.69) is 15.5 Å². The highest BCUT2D eigenvalue weighted by Crippen LogP contribution is 2.10. The van der Waals surface area contributed by atoms with Gasteiger partial charge in [0.25, 0.3) is 0 Å². The van der Waals surface area contributed by atoms with Crippen molar-refractivity contribution in [3.63, 3.8) is 0 Å². The Kier molecular flexibility index (Phi) is 5.45. The number of nitrogens with zero attached hydrogens (tertiary/aromatic N) is 2. The largest absolute Gasteiger partial charge is 0.392 e. The number of hydrogen-bond donors (Lipinski definition) is 2. The fourth-order valence-corrected chi connectivity index (χ4v) is 1.85. The van der Waals surface area contributed by atoms with Crippen molar-refractivity contribution in [3.8, 4) is 0 Å². The lowest BCUT2D eigenvalue weighted by Crippen LogP contribution is -2.12. The van der Waals surface area contributed by atoms with Crippen LogP contribution in [-0.2, 0) is 24.2 Å². The normalized spacial score (nSPS) is 10.6. The number of nitrogens with one attached hydrogen (secondary N) is 1. The first-order chi connectivity index (χ1) is 10.2. The highest BCUT2D eigenvalue weighted by Gasteiger charge is 2.09. The summed E-state index contributed by atoms with van der Waals surface area (Å²) in [6, 6.07) is 7.06. The van der Waals surface area contributed by atoms with Crippen LogP contribution in [0.3, 0.4) is 0 Å². The molecule has 0 radical (unpaired) electrons. The Hall–Kier alpha value is -2.21. The van der Waals surface area contributed by atoms with Crippen molar-refractivity contribution in [2.45, 2.75) is 39.2 Å². The number of aryl methyl sites for hydroxylation is 2. The molecule has 1 heterocycles. The number of hydrogen-bond acceptors (Lipinski definition) is 5. The zero-order valence-electron chi connectivity index (χ0n) is 12.0. The molecule has 0 aliphatic rings. The van der Waals surface area contributed by atoms with Gasteiger partial charge in [-0.15, -0.1) is 0 Å². The Labute approximate surface area is 123 Å². The van der Waals surface area contributed by atoms with Crippen LogP contribution in [0.1, 0.15) is 37.0 Å². The summed E-state index contributed by atoms with van der Waals surface area (Å²) in [5.41, 5.74) is 1.51. The molecule has 0 fully saturated rings. The average molecular weight is 289 g/mol. The van der Waals surface area contributed by atoms with Crippen LogP contribution >= 0.6 is 0 Å². The van der Waals surface area contributed by atoms with Gasteiger partial charge < -0.3 is 14.9 Å². The maximum Gasteiger partial charge on any atom is 0.227 e. The molecule has 6 nitrogen and oxygen atoms in total. The van der Waals surface area contributed by atoms with E-state index in [0.717, 1.165) is 18.4 Å². The fraction of sp³-hybridized carbons (Fsp3) is 0.400. The van der Waals surface area contributed by atoms with Crippen LogP contribution in [0.4, 0.5) is 5.69 Å². The van der Waals surface area contributed by atoms with Gasteiger partial charge in [0.15, 0.2) is 5.82 Å². The number of aromatic nitrogens is 2. The number of aliphatic hydroxyl groups is 1. The zero-order chi connectivity index (χ0) is 15.1. The molecule has 0 unspecified atom stereocenters. The lowest BCUT2D eigenvalue weighted by atomic mass is 10.2. The number of aliphatic hydroxyl groups excluding tert-OH is 1. The Morgan fingerprint density at radius 3 is 2.71 bits per heavy atom. The van der Waals surface area contributed by atoms with Crippen molar-refractivity contribution >= 4 is 11.6 Å². The molecule has 0 saturated heterocycles. The second-order valence-corrected chi connectivity index (χ2v) is 4.76. The van der Waals surface area contributed by atoms with E-state index in [-0.39, 0.29) is 18.9 Å². The topological polar surface area (TPSA) is 88.2 Å². The van der Waals surface area contributed by atoms with Crippen LogP contribution < -0.4 is 5.32 Å². The Balaban J connectivity index is 1.80. The van der Waals surface area contributed by atoms with Crippen LogP contribution in [0.25, 0.3) is 0 Å². The first-order valence-electron chi connectivity index (χ1n) is 7.02. The molecule has 2 aromatic rings. The number of rotatable bonds is 7. The molecule has 2 N–H and O–H groups in total. The van der Waals surface area contributed by atoms with Gasteiger partial charge >= 0.3 is 0 Å². The quantitative estimate of drug-likeness (QED) is 0.814. The fourth-order valence-electron chi connectivity index (χ4n) is 1.85. The van der Waals surface area contributed by atoms with Gasteiger partial charge in [-0.2, -0.15) is 4.98 Å². The third-order valence-electron chi connectivity index (χ3n) is 2.97. The molecule has 6 heteroatoms.